The van der Waals surface area contributed by atoms with Crippen molar-refractivity contribution in [2.75, 3.05) is 27.3 Å². The Balaban J connectivity index is 2.22. The van der Waals surface area contributed by atoms with Crippen LogP contribution in [0.1, 0.15) is 24.5 Å². The Bertz CT molecular complexity index is 352. The van der Waals surface area contributed by atoms with Crippen molar-refractivity contribution in [3.8, 4) is 5.75 Å². The summed E-state index contributed by atoms with van der Waals surface area (Å²) in [4.78, 5) is 0. The molecule has 0 aliphatic carbocycles. The van der Waals surface area contributed by atoms with Crippen molar-refractivity contribution in [1.82, 2.24) is 5.32 Å². The third kappa shape index (κ3) is 2.79. The molecule has 3 heteroatoms. The SMILES string of the molecule is CNCC1CCCOC1c1ccccc1OC. The molecule has 1 aromatic carbocycles. The lowest BCUT2D eigenvalue weighted by atomic mass is 9.89. The minimum atomic E-state index is 0.160. The third-order valence-corrected chi connectivity index (χ3v) is 3.36. The van der Waals surface area contributed by atoms with E-state index in [-0.39, 0.29) is 6.10 Å². The first-order valence-electron chi connectivity index (χ1n) is 6.26. The monoisotopic (exact) mass is 235 g/mol. The van der Waals surface area contributed by atoms with Crippen LogP contribution in [0.25, 0.3) is 0 Å². The number of methoxy groups -OCH3 is 1. The van der Waals surface area contributed by atoms with Gasteiger partial charge >= 0.3 is 0 Å². The summed E-state index contributed by atoms with van der Waals surface area (Å²) in [6.45, 7) is 1.84. The predicted molar refractivity (Wildman–Crippen MR) is 68.3 cm³/mol. The number of benzene rings is 1. The van der Waals surface area contributed by atoms with Gasteiger partial charge in [0.1, 0.15) is 5.75 Å². The minimum absolute atomic E-state index is 0.160. The second-order valence-electron chi connectivity index (χ2n) is 4.49. The normalized spacial score (nSPS) is 24.6. The number of ether oxygens (including phenoxy) is 2. The highest BCUT2D eigenvalue weighted by atomic mass is 16.5. The van der Waals surface area contributed by atoms with E-state index in [0.717, 1.165) is 25.3 Å². The maximum Gasteiger partial charge on any atom is 0.124 e. The Hall–Kier alpha value is -1.06. The Morgan fingerprint density at radius 1 is 1.41 bits per heavy atom. The largest absolute Gasteiger partial charge is 0.496 e. The number of para-hydroxylation sites is 1. The fourth-order valence-electron chi connectivity index (χ4n) is 2.56. The van der Waals surface area contributed by atoms with Gasteiger partial charge in [0.25, 0.3) is 0 Å². The molecule has 0 aromatic heterocycles. The lowest BCUT2D eigenvalue weighted by Gasteiger charge is -2.32. The molecule has 0 saturated carbocycles. The highest BCUT2D eigenvalue weighted by Crippen LogP contribution is 2.37. The second kappa shape index (κ2) is 6.03. The molecule has 2 atom stereocenters. The van der Waals surface area contributed by atoms with E-state index in [1.54, 1.807) is 7.11 Å². The summed E-state index contributed by atoms with van der Waals surface area (Å²) in [5.74, 6) is 1.46. The molecule has 1 heterocycles. The summed E-state index contributed by atoms with van der Waals surface area (Å²) in [5, 5.41) is 3.25. The first-order valence-corrected chi connectivity index (χ1v) is 6.26. The van der Waals surface area contributed by atoms with Crippen LogP contribution in [0.2, 0.25) is 0 Å². The Labute approximate surface area is 103 Å². The lowest BCUT2D eigenvalue weighted by Crippen LogP contribution is -2.30. The molecule has 2 rings (SSSR count). The second-order valence-corrected chi connectivity index (χ2v) is 4.49. The number of hydrogen-bond acceptors (Lipinski definition) is 3. The average Bonchev–Trinajstić information content (AvgIpc) is 2.40. The van der Waals surface area contributed by atoms with Gasteiger partial charge in [0.2, 0.25) is 0 Å². The molecule has 0 radical (unpaired) electrons. The van der Waals surface area contributed by atoms with Gasteiger partial charge in [0, 0.05) is 24.6 Å². The zero-order chi connectivity index (χ0) is 12.1. The van der Waals surface area contributed by atoms with Gasteiger partial charge in [-0.05, 0) is 26.0 Å². The van der Waals surface area contributed by atoms with Gasteiger partial charge < -0.3 is 14.8 Å². The third-order valence-electron chi connectivity index (χ3n) is 3.36. The molecule has 0 bridgehead atoms. The van der Waals surface area contributed by atoms with Gasteiger partial charge in [-0.15, -0.1) is 0 Å². The molecule has 0 amide bonds. The van der Waals surface area contributed by atoms with Crippen LogP contribution in [0.3, 0.4) is 0 Å². The van der Waals surface area contributed by atoms with Gasteiger partial charge in [0.05, 0.1) is 13.2 Å². The van der Waals surface area contributed by atoms with Gasteiger partial charge in [-0.3, -0.25) is 0 Å². The zero-order valence-corrected chi connectivity index (χ0v) is 10.6. The van der Waals surface area contributed by atoms with Gasteiger partial charge in [0.15, 0.2) is 0 Å². The van der Waals surface area contributed by atoms with Crippen molar-refractivity contribution in [3.05, 3.63) is 29.8 Å². The van der Waals surface area contributed by atoms with Gasteiger partial charge in [-0.2, -0.15) is 0 Å². The highest BCUT2D eigenvalue weighted by Gasteiger charge is 2.28. The maximum atomic E-state index is 5.95. The van der Waals surface area contributed by atoms with Gasteiger partial charge in [-0.25, -0.2) is 0 Å². The predicted octanol–water partition coefficient (Wildman–Crippen LogP) is 2.38. The van der Waals surface area contributed by atoms with Crippen molar-refractivity contribution in [1.29, 1.82) is 0 Å². The molecule has 1 N–H and O–H groups in total. The van der Waals surface area contributed by atoms with Crippen molar-refractivity contribution >= 4 is 0 Å². The molecule has 94 valence electrons. The quantitative estimate of drug-likeness (QED) is 0.869. The maximum absolute atomic E-state index is 5.95. The minimum Gasteiger partial charge on any atom is -0.496 e. The number of nitrogens with one attached hydrogen (secondary N) is 1. The Morgan fingerprint density at radius 2 is 2.24 bits per heavy atom. The average molecular weight is 235 g/mol. The summed E-state index contributed by atoms with van der Waals surface area (Å²) in [7, 11) is 3.71. The van der Waals surface area contributed by atoms with E-state index < -0.39 is 0 Å². The van der Waals surface area contributed by atoms with E-state index in [9.17, 15) is 0 Å². The molecule has 1 aliphatic rings. The van der Waals surface area contributed by atoms with Crippen LogP contribution >= 0.6 is 0 Å². The van der Waals surface area contributed by atoms with Crippen LogP contribution in [0.15, 0.2) is 24.3 Å². The molecule has 1 saturated heterocycles. The smallest absolute Gasteiger partial charge is 0.124 e. The summed E-state index contributed by atoms with van der Waals surface area (Å²) >= 11 is 0. The van der Waals surface area contributed by atoms with E-state index in [2.05, 4.69) is 11.4 Å². The van der Waals surface area contributed by atoms with E-state index in [4.69, 9.17) is 9.47 Å². The van der Waals surface area contributed by atoms with Crippen molar-refractivity contribution < 1.29 is 9.47 Å². The van der Waals surface area contributed by atoms with Crippen LogP contribution in [0, 0.1) is 5.92 Å². The molecule has 2 unspecified atom stereocenters. The standard InChI is InChI=1S/C14H21NO2/c1-15-10-11-6-5-9-17-14(11)12-7-3-4-8-13(12)16-2/h3-4,7-8,11,14-15H,5-6,9-10H2,1-2H3. The summed E-state index contributed by atoms with van der Waals surface area (Å²) in [6, 6.07) is 8.16. The van der Waals surface area contributed by atoms with E-state index in [0.29, 0.717) is 5.92 Å². The molecule has 1 fully saturated rings. The summed E-state index contributed by atoms with van der Waals surface area (Å²) in [6.07, 6.45) is 2.52. The van der Waals surface area contributed by atoms with Crippen molar-refractivity contribution in [2.24, 2.45) is 5.92 Å². The van der Waals surface area contributed by atoms with Crippen LogP contribution in [-0.2, 0) is 4.74 Å². The summed E-state index contributed by atoms with van der Waals surface area (Å²) in [5.41, 5.74) is 1.18. The van der Waals surface area contributed by atoms with Crippen LogP contribution in [-0.4, -0.2) is 27.3 Å². The fourth-order valence-corrected chi connectivity index (χ4v) is 2.56. The Morgan fingerprint density at radius 3 is 3.00 bits per heavy atom. The highest BCUT2D eigenvalue weighted by molar-refractivity contribution is 5.35. The van der Waals surface area contributed by atoms with Crippen molar-refractivity contribution in [3.63, 3.8) is 0 Å². The lowest BCUT2D eigenvalue weighted by molar-refractivity contribution is -0.0283. The molecule has 1 aromatic rings. The topological polar surface area (TPSA) is 30.5 Å². The summed E-state index contributed by atoms with van der Waals surface area (Å²) < 4.78 is 11.4. The first-order chi connectivity index (χ1) is 8.36. The Kier molecular flexibility index (Phi) is 4.40. The number of hydrogen-bond donors (Lipinski definition) is 1. The van der Waals surface area contributed by atoms with E-state index in [1.807, 2.05) is 25.2 Å². The number of rotatable bonds is 4. The van der Waals surface area contributed by atoms with Crippen LogP contribution in [0.4, 0.5) is 0 Å². The molecule has 17 heavy (non-hydrogen) atoms. The molecular formula is C14H21NO2. The first kappa shape index (κ1) is 12.4. The van der Waals surface area contributed by atoms with Gasteiger partial charge in [-0.1, -0.05) is 18.2 Å². The molecule has 0 spiro atoms. The van der Waals surface area contributed by atoms with Crippen LogP contribution in [0.5, 0.6) is 5.75 Å². The fraction of sp³-hybridized carbons (Fsp3) is 0.571. The molecule has 3 nitrogen and oxygen atoms in total. The van der Waals surface area contributed by atoms with Crippen molar-refractivity contribution in [2.45, 2.75) is 18.9 Å². The molecular weight excluding hydrogens is 214 g/mol. The zero-order valence-electron chi connectivity index (χ0n) is 10.6. The van der Waals surface area contributed by atoms with E-state index >= 15 is 0 Å². The molecule has 1 aliphatic heterocycles. The van der Waals surface area contributed by atoms with E-state index in [1.165, 1.54) is 12.0 Å². The van der Waals surface area contributed by atoms with Crippen LogP contribution < -0.4 is 10.1 Å².